The van der Waals surface area contributed by atoms with Crippen LogP contribution in [0, 0.1) is 19.8 Å². The summed E-state index contributed by atoms with van der Waals surface area (Å²) in [6, 6.07) is 23.1. The van der Waals surface area contributed by atoms with Gasteiger partial charge < -0.3 is 19.1 Å². The molecule has 214 valence electrons. The Morgan fingerprint density at radius 1 is 0.829 bits per heavy atom. The maximum atomic E-state index is 13.5. The number of hydrogen-bond acceptors (Lipinski definition) is 5. The highest BCUT2D eigenvalue weighted by molar-refractivity contribution is 5.79. The van der Waals surface area contributed by atoms with Gasteiger partial charge in [-0.3, -0.25) is 9.69 Å². The number of nitrogens with zero attached hydrogens (tertiary/aromatic N) is 5. The number of piperazine rings is 1. The Balaban J connectivity index is 1.07. The second-order valence-electron chi connectivity index (χ2n) is 11.6. The van der Waals surface area contributed by atoms with Gasteiger partial charge in [0, 0.05) is 44.3 Å². The number of imidazole rings is 1. The Bertz CT molecular complexity index is 1480. The first-order chi connectivity index (χ1) is 20.0. The van der Waals surface area contributed by atoms with Gasteiger partial charge in [-0.05, 0) is 80.7 Å². The van der Waals surface area contributed by atoms with Crippen molar-refractivity contribution in [1.29, 1.82) is 0 Å². The molecule has 1 amide bonds. The molecule has 7 heteroatoms. The van der Waals surface area contributed by atoms with E-state index >= 15 is 0 Å². The number of anilines is 1. The minimum absolute atomic E-state index is 0.121. The maximum Gasteiger partial charge on any atom is 0.225 e. The number of likely N-dealkylation sites (tertiary alicyclic amines) is 1. The van der Waals surface area contributed by atoms with E-state index in [-0.39, 0.29) is 5.92 Å². The Labute approximate surface area is 243 Å². The van der Waals surface area contributed by atoms with Gasteiger partial charge in [0.2, 0.25) is 5.91 Å². The van der Waals surface area contributed by atoms with Gasteiger partial charge in [0.15, 0.2) is 0 Å². The number of rotatable bonds is 7. The smallest absolute Gasteiger partial charge is 0.225 e. The second-order valence-corrected chi connectivity index (χ2v) is 11.6. The summed E-state index contributed by atoms with van der Waals surface area (Å²) in [5, 5.41) is 0. The zero-order valence-corrected chi connectivity index (χ0v) is 24.6. The number of hydrogen-bond donors (Lipinski definition) is 0. The Morgan fingerprint density at radius 3 is 2.20 bits per heavy atom. The minimum atomic E-state index is 0.121. The summed E-state index contributed by atoms with van der Waals surface area (Å²) in [6.07, 6.45) is 1.82. The van der Waals surface area contributed by atoms with Crippen LogP contribution in [-0.2, 0) is 17.9 Å². The molecule has 41 heavy (non-hydrogen) atoms. The highest BCUT2D eigenvalue weighted by Crippen LogP contribution is 2.28. The highest BCUT2D eigenvalue weighted by atomic mass is 16.5. The third-order valence-corrected chi connectivity index (χ3v) is 8.88. The van der Waals surface area contributed by atoms with E-state index in [9.17, 15) is 4.79 Å². The monoisotopic (exact) mass is 551 g/mol. The van der Waals surface area contributed by atoms with Crippen molar-refractivity contribution >= 4 is 22.6 Å². The van der Waals surface area contributed by atoms with Crippen LogP contribution >= 0.6 is 0 Å². The molecule has 0 atom stereocenters. The number of methoxy groups -OCH3 is 1. The van der Waals surface area contributed by atoms with Gasteiger partial charge in [0.1, 0.15) is 11.6 Å². The number of amides is 1. The van der Waals surface area contributed by atoms with E-state index in [2.05, 4.69) is 87.7 Å². The molecule has 4 aromatic rings. The van der Waals surface area contributed by atoms with Crippen molar-refractivity contribution in [2.24, 2.45) is 5.92 Å². The lowest BCUT2D eigenvalue weighted by Crippen LogP contribution is -2.52. The van der Waals surface area contributed by atoms with E-state index in [1.807, 2.05) is 12.1 Å². The molecule has 3 heterocycles. The SMILES string of the molecule is COc1ccc(Cn2c(CN3CCC(C(=O)N4CCN(c5c(C)cccc5C)CC4)CC3)nc3ccccc32)cc1. The fraction of sp³-hybridized carbons (Fsp3) is 0.412. The molecule has 2 aliphatic rings. The Morgan fingerprint density at radius 2 is 1.51 bits per heavy atom. The third kappa shape index (κ3) is 5.82. The minimum Gasteiger partial charge on any atom is -0.497 e. The average Bonchev–Trinajstić information content (AvgIpc) is 3.34. The number of ether oxygens (including phenoxy) is 1. The van der Waals surface area contributed by atoms with Crippen LogP contribution < -0.4 is 9.64 Å². The number of para-hydroxylation sites is 3. The summed E-state index contributed by atoms with van der Waals surface area (Å²) >= 11 is 0. The summed E-state index contributed by atoms with van der Waals surface area (Å²) < 4.78 is 7.68. The lowest BCUT2D eigenvalue weighted by Gasteiger charge is -2.40. The molecule has 0 saturated carbocycles. The van der Waals surface area contributed by atoms with E-state index in [0.29, 0.717) is 5.91 Å². The maximum absolute atomic E-state index is 13.5. The lowest BCUT2D eigenvalue weighted by molar-refractivity contribution is -0.137. The van der Waals surface area contributed by atoms with Crippen molar-refractivity contribution in [1.82, 2.24) is 19.4 Å². The zero-order valence-electron chi connectivity index (χ0n) is 24.6. The van der Waals surface area contributed by atoms with Crippen LogP contribution in [0.15, 0.2) is 66.7 Å². The molecule has 7 nitrogen and oxygen atoms in total. The first-order valence-electron chi connectivity index (χ1n) is 14.9. The van der Waals surface area contributed by atoms with Gasteiger partial charge in [-0.1, -0.05) is 42.5 Å². The van der Waals surface area contributed by atoms with Crippen LogP contribution in [0.5, 0.6) is 5.75 Å². The molecule has 0 spiro atoms. The second kappa shape index (κ2) is 12.0. The van der Waals surface area contributed by atoms with Crippen molar-refractivity contribution < 1.29 is 9.53 Å². The quantitative estimate of drug-likeness (QED) is 0.313. The summed E-state index contributed by atoms with van der Waals surface area (Å²) in [5.41, 5.74) is 7.37. The molecular formula is C34H41N5O2. The van der Waals surface area contributed by atoms with Gasteiger partial charge in [-0.25, -0.2) is 4.98 Å². The normalized spacial score (nSPS) is 16.9. The summed E-state index contributed by atoms with van der Waals surface area (Å²) in [5.74, 6) is 2.41. The highest BCUT2D eigenvalue weighted by Gasteiger charge is 2.31. The standard InChI is InChI=1S/C34H41N5O2/c1-25-7-6-8-26(2)33(25)37-19-21-38(22-20-37)34(40)28-15-17-36(18-16-28)24-32-35-30-9-4-5-10-31(30)39(32)23-27-11-13-29(41-3)14-12-27/h4-14,28H,15-24H2,1-3H3. The fourth-order valence-electron chi connectivity index (χ4n) is 6.59. The molecule has 0 radical (unpaired) electrons. The molecule has 6 rings (SSSR count). The molecular weight excluding hydrogens is 510 g/mol. The predicted octanol–water partition coefficient (Wildman–Crippen LogP) is 5.27. The van der Waals surface area contributed by atoms with Gasteiger partial charge in [0.05, 0.1) is 24.7 Å². The molecule has 3 aromatic carbocycles. The number of aromatic nitrogens is 2. The lowest BCUT2D eigenvalue weighted by atomic mass is 9.95. The number of benzene rings is 3. The molecule has 0 unspecified atom stereocenters. The van der Waals surface area contributed by atoms with Crippen LogP contribution in [-0.4, -0.2) is 71.6 Å². The van der Waals surface area contributed by atoms with Crippen molar-refractivity contribution in [2.75, 3.05) is 51.3 Å². The van der Waals surface area contributed by atoms with E-state index in [4.69, 9.17) is 9.72 Å². The van der Waals surface area contributed by atoms with Crippen LogP contribution in [0.2, 0.25) is 0 Å². The van der Waals surface area contributed by atoms with Crippen molar-refractivity contribution in [3.63, 3.8) is 0 Å². The predicted molar refractivity (Wildman–Crippen MR) is 165 cm³/mol. The van der Waals surface area contributed by atoms with E-state index in [0.717, 1.165) is 87.8 Å². The van der Waals surface area contributed by atoms with Crippen molar-refractivity contribution in [3.8, 4) is 5.75 Å². The van der Waals surface area contributed by atoms with Gasteiger partial charge in [0.25, 0.3) is 0 Å². The van der Waals surface area contributed by atoms with Gasteiger partial charge in [-0.15, -0.1) is 0 Å². The van der Waals surface area contributed by atoms with Crippen molar-refractivity contribution in [3.05, 3.63) is 89.2 Å². The van der Waals surface area contributed by atoms with E-state index in [1.165, 1.54) is 22.4 Å². The molecule has 0 N–H and O–H groups in total. The summed E-state index contributed by atoms with van der Waals surface area (Å²) in [4.78, 5) is 25.5. The molecule has 0 bridgehead atoms. The molecule has 0 aliphatic carbocycles. The Kier molecular flexibility index (Phi) is 7.97. The summed E-state index contributed by atoms with van der Waals surface area (Å²) in [7, 11) is 1.70. The largest absolute Gasteiger partial charge is 0.497 e. The fourth-order valence-corrected chi connectivity index (χ4v) is 6.59. The van der Waals surface area contributed by atoms with E-state index < -0.39 is 0 Å². The first-order valence-corrected chi connectivity index (χ1v) is 14.9. The summed E-state index contributed by atoms with van der Waals surface area (Å²) in [6.45, 7) is 11.2. The number of carbonyl (C=O) groups is 1. The van der Waals surface area contributed by atoms with Crippen LogP contribution in [0.1, 0.15) is 35.4 Å². The van der Waals surface area contributed by atoms with Crippen LogP contribution in [0.25, 0.3) is 11.0 Å². The molecule has 2 aliphatic heterocycles. The van der Waals surface area contributed by atoms with Gasteiger partial charge in [-0.2, -0.15) is 0 Å². The number of piperidine rings is 1. The zero-order chi connectivity index (χ0) is 28.3. The van der Waals surface area contributed by atoms with Gasteiger partial charge >= 0.3 is 0 Å². The number of fused-ring (bicyclic) bond motifs is 1. The molecule has 1 aromatic heterocycles. The Hall–Kier alpha value is -3.84. The third-order valence-electron chi connectivity index (χ3n) is 8.88. The topological polar surface area (TPSA) is 53.8 Å². The first kappa shape index (κ1) is 27.3. The average molecular weight is 552 g/mol. The molecule has 2 fully saturated rings. The van der Waals surface area contributed by atoms with Crippen LogP contribution in [0.3, 0.4) is 0 Å². The van der Waals surface area contributed by atoms with E-state index in [1.54, 1.807) is 7.11 Å². The van der Waals surface area contributed by atoms with Crippen molar-refractivity contribution in [2.45, 2.75) is 39.8 Å². The number of carbonyl (C=O) groups excluding carboxylic acids is 1. The molecule has 2 saturated heterocycles. The van der Waals surface area contributed by atoms with Crippen LogP contribution in [0.4, 0.5) is 5.69 Å². The number of aryl methyl sites for hydroxylation is 2.